The van der Waals surface area contributed by atoms with Gasteiger partial charge in [0.15, 0.2) is 11.5 Å². The highest BCUT2D eigenvalue weighted by Gasteiger charge is 2.29. The van der Waals surface area contributed by atoms with E-state index in [1.54, 1.807) is 12.1 Å². The number of nitrogens with one attached hydrogen (secondary N) is 1. The van der Waals surface area contributed by atoms with Crippen LogP contribution in [-0.4, -0.2) is 49.3 Å². The first-order chi connectivity index (χ1) is 17.5. The van der Waals surface area contributed by atoms with Gasteiger partial charge in [0.1, 0.15) is 18.0 Å². The summed E-state index contributed by atoms with van der Waals surface area (Å²) in [7, 11) is 1.53. The van der Waals surface area contributed by atoms with Gasteiger partial charge in [0.25, 0.3) is 10.0 Å². The van der Waals surface area contributed by atoms with Crippen molar-refractivity contribution >= 4 is 38.9 Å². The van der Waals surface area contributed by atoms with Crippen LogP contribution in [0.1, 0.15) is 11.1 Å². The summed E-state index contributed by atoms with van der Waals surface area (Å²) >= 11 is 6.16. The quantitative estimate of drug-likeness (QED) is 0.387. The van der Waals surface area contributed by atoms with Crippen LogP contribution in [0.2, 0.25) is 5.02 Å². The number of ether oxygens (including phenoxy) is 4. The Hall–Kier alpha value is -3.63. The first-order valence-electron chi connectivity index (χ1n) is 11.1. The summed E-state index contributed by atoms with van der Waals surface area (Å²) in [6.45, 7) is 3.18. The van der Waals surface area contributed by atoms with Crippen molar-refractivity contribution in [2.45, 2.75) is 18.7 Å². The van der Waals surface area contributed by atoms with E-state index in [9.17, 15) is 13.2 Å². The van der Waals surface area contributed by atoms with Gasteiger partial charge in [0, 0.05) is 18.2 Å². The molecule has 37 heavy (non-hydrogen) atoms. The normalized spacial score (nSPS) is 11.0. The maximum Gasteiger partial charge on any atom is 0.264 e. The monoisotopic (exact) mass is 548 g/mol. The molecule has 0 aliphatic heterocycles. The lowest BCUT2D eigenvalue weighted by Gasteiger charge is -2.25. The lowest BCUT2D eigenvalue weighted by Crippen LogP contribution is -2.38. The van der Waals surface area contributed by atoms with Crippen LogP contribution >= 0.6 is 11.6 Å². The van der Waals surface area contributed by atoms with Gasteiger partial charge in [0.05, 0.1) is 49.7 Å². The van der Waals surface area contributed by atoms with Crippen molar-refractivity contribution in [3.05, 3.63) is 64.7 Å². The van der Waals surface area contributed by atoms with Crippen molar-refractivity contribution in [2.75, 3.05) is 44.6 Å². The first-order valence-corrected chi connectivity index (χ1v) is 12.9. The van der Waals surface area contributed by atoms with Crippen molar-refractivity contribution in [3.63, 3.8) is 0 Å². The second-order valence-corrected chi connectivity index (χ2v) is 10.4. The number of aryl methyl sites for hydroxylation is 2. The number of hydrogen-bond acceptors (Lipinski definition) is 7. The molecule has 1 amide bonds. The Balaban J connectivity index is 2.05. The highest BCUT2D eigenvalue weighted by Crippen LogP contribution is 2.36. The molecule has 0 unspecified atom stereocenters. The van der Waals surface area contributed by atoms with Gasteiger partial charge in [-0.1, -0.05) is 17.7 Å². The van der Waals surface area contributed by atoms with E-state index in [0.717, 1.165) is 15.4 Å². The molecule has 198 valence electrons. The van der Waals surface area contributed by atoms with E-state index in [0.29, 0.717) is 28.0 Å². The summed E-state index contributed by atoms with van der Waals surface area (Å²) in [5, 5.41) is 3.00. The maximum absolute atomic E-state index is 13.9. The van der Waals surface area contributed by atoms with Gasteiger partial charge in [-0.2, -0.15) is 0 Å². The van der Waals surface area contributed by atoms with Crippen LogP contribution in [-0.2, 0) is 14.8 Å². The molecular formula is C26H29ClN2O7S. The van der Waals surface area contributed by atoms with Crippen LogP contribution < -0.4 is 28.6 Å². The maximum atomic E-state index is 13.9. The number of sulfonamides is 1. The molecule has 0 fully saturated rings. The van der Waals surface area contributed by atoms with Gasteiger partial charge in [-0.15, -0.1) is 0 Å². The molecule has 3 aromatic carbocycles. The predicted molar refractivity (Wildman–Crippen MR) is 143 cm³/mol. The Labute approximate surface area is 221 Å². The third-order valence-electron chi connectivity index (χ3n) is 5.47. The number of amides is 1. The smallest absolute Gasteiger partial charge is 0.264 e. The van der Waals surface area contributed by atoms with Gasteiger partial charge in [-0.3, -0.25) is 9.10 Å². The molecule has 0 bridgehead atoms. The Kier molecular flexibility index (Phi) is 8.77. The predicted octanol–water partition coefficient (Wildman–Crippen LogP) is 4.83. The lowest BCUT2D eigenvalue weighted by atomic mass is 10.1. The van der Waals surface area contributed by atoms with Gasteiger partial charge < -0.3 is 24.3 Å². The van der Waals surface area contributed by atoms with E-state index in [1.165, 1.54) is 58.8 Å². The fourth-order valence-electron chi connectivity index (χ4n) is 3.79. The Morgan fingerprint density at radius 3 is 1.97 bits per heavy atom. The number of benzene rings is 3. The van der Waals surface area contributed by atoms with Crippen LogP contribution in [0, 0.1) is 13.8 Å². The van der Waals surface area contributed by atoms with E-state index in [1.807, 2.05) is 19.9 Å². The largest absolute Gasteiger partial charge is 0.495 e. The zero-order valence-corrected chi connectivity index (χ0v) is 23.0. The minimum absolute atomic E-state index is 0.0668. The number of methoxy groups -OCH3 is 4. The number of hydrogen-bond donors (Lipinski definition) is 1. The second-order valence-electron chi connectivity index (χ2n) is 8.11. The molecule has 0 spiro atoms. The van der Waals surface area contributed by atoms with Crippen molar-refractivity contribution < 1.29 is 32.2 Å². The lowest BCUT2D eigenvalue weighted by molar-refractivity contribution is -0.114. The molecule has 0 heterocycles. The SMILES string of the molecule is COc1cc(NC(=O)CN(c2cc(C)cc(C)c2)S(=O)(=O)c2ccc(OC)c(OC)c2)c(OC)cc1Cl. The third kappa shape index (κ3) is 6.20. The number of rotatable bonds is 10. The van der Waals surface area contributed by atoms with Gasteiger partial charge >= 0.3 is 0 Å². The van der Waals surface area contributed by atoms with Crippen LogP contribution in [0.25, 0.3) is 0 Å². The number of anilines is 2. The summed E-state index contributed by atoms with van der Waals surface area (Å²) in [5.41, 5.74) is 2.29. The van der Waals surface area contributed by atoms with Crippen molar-refractivity contribution in [2.24, 2.45) is 0 Å². The summed E-state index contributed by atoms with van der Waals surface area (Å²) in [6, 6.07) is 12.6. The Morgan fingerprint density at radius 2 is 1.41 bits per heavy atom. The average molecular weight is 549 g/mol. The molecule has 0 saturated carbocycles. The summed E-state index contributed by atoms with van der Waals surface area (Å²) < 4.78 is 49.8. The first kappa shape index (κ1) is 27.9. The number of nitrogens with zero attached hydrogens (tertiary/aromatic N) is 1. The van der Waals surface area contributed by atoms with Crippen molar-refractivity contribution in [1.82, 2.24) is 0 Å². The summed E-state index contributed by atoms with van der Waals surface area (Å²) in [6.07, 6.45) is 0. The van der Waals surface area contributed by atoms with Crippen LogP contribution in [0.4, 0.5) is 11.4 Å². The van der Waals surface area contributed by atoms with E-state index >= 15 is 0 Å². The molecule has 0 saturated heterocycles. The topological polar surface area (TPSA) is 103 Å². The van der Waals surface area contributed by atoms with E-state index in [4.69, 9.17) is 30.5 Å². The minimum atomic E-state index is -4.21. The summed E-state index contributed by atoms with van der Waals surface area (Å²) in [4.78, 5) is 13.2. The number of carbonyl (C=O) groups is 1. The second kappa shape index (κ2) is 11.6. The fraction of sp³-hybridized carbons (Fsp3) is 0.269. The van der Waals surface area contributed by atoms with Crippen molar-refractivity contribution in [3.8, 4) is 23.0 Å². The molecule has 0 aromatic heterocycles. The third-order valence-corrected chi connectivity index (χ3v) is 7.54. The molecule has 9 nitrogen and oxygen atoms in total. The van der Waals surface area contributed by atoms with E-state index < -0.39 is 22.5 Å². The fourth-order valence-corrected chi connectivity index (χ4v) is 5.44. The molecule has 11 heteroatoms. The van der Waals surface area contributed by atoms with E-state index in [-0.39, 0.29) is 16.3 Å². The minimum Gasteiger partial charge on any atom is -0.495 e. The molecule has 3 aromatic rings. The molecule has 3 rings (SSSR count). The highest BCUT2D eigenvalue weighted by atomic mass is 35.5. The highest BCUT2D eigenvalue weighted by molar-refractivity contribution is 7.92. The Morgan fingerprint density at radius 1 is 0.811 bits per heavy atom. The van der Waals surface area contributed by atoms with Crippen LogP contribution in [0.3, 0.4) is 0 Å². The van der Waals surface area contributed by atoms with Gasteiger partial charge in [-0.25, -0.2) is 8.42 Å². The average Bonchev–Trinajstić information content (AvgIpc) is 2.86. The number of carbonyl (C=O) groups excluding carboxylic acids is 1. The molecule has 0 radical (unpaired) electrons. The molecule has 0 atom stereocenters. The standard InChI is InChI=1S/C26H29ClN2O7S/c1-16-9-17(2)11-18(10-16)29(37(31,32)19-7-8-22(33-3)25(12-19)36-6)15-26(30)28-21-14-23(34-4)20(27)13-24(21)35-5/h7-14H,15H2,1-6H3,(H,28,30). The molecule has 1 N–H and O–H groups in total. The molecule has 0 aliphatic rings. The van der Waals surface area contributed by atoms with Gasteiger partial charge in [0.2, 0.25) is 5.91 Å². The van der Waals surface area contributed by atoms with Gasteiger partial charge in [-0.05, 0) is 49.2 Å². The van der Waals surface area contributed by atoms with E-state index in [2.05, 4.69) is 5.32 Å². The summed E-state index contributed by atoms with van der Waals surface area (Å²) in [5.74, 6) is 0.625. The molecule has 0 aliphatic carbocycles. The molecular weight excluding hydrogens is 520 g/mol. The van der Waals surface area contributed by atoms with Crippen LogP contribution in [0.15, 0.2) is 53.4 Å². The van der Waals surface area contributed by atoms with Crippen LogP contribution in [0.5, 0.6) is 23.0 Å². The zero-order valence-electron chi connectivity index (χ0n) is 21.4. The number of halogens is 1. The van der Waals surface area contributed by atoms with Crippen molar-refractivity contribution in [1.29, 1.82) is 0 Å². The zero-order chi connectivity index (χ0) is 27.3. The Bertz CT molecular complexity index is 1390.